The second-order valence-electron chi connectivity index (χ2n) is 6.57. The molecule has 0 bridgehead atoms. The quantitative estimate of drug-likeness (QED) is 0.791. The Morgan fingerprint density at radius 2 is 2.04 bits per heavy atom. The fraction of sp³-hybridized carbons (Fsp3) is 0.500. The number of aromatic nitrogens is 3. The Labute approximate surface area is 148 Å². The van der Waals surface area contributed by atoms with Crippen molar-refractivity contribution < 1.29 is 4.79 Å². The van der Waals surface area contributed by atoms with E-state index in [1.54, 1.807) is 16.9 Å². The Kier molecular flexibility index (Phi) is 5.65. The van der Waals surface area contributed by atoms with Gasteiger partial charge in [0.2, 0.25) is 0 Å². The highest BCUT2D eigenvalue weighted by Gasteiger charge is 2.16. The lowest BCUT2D eigenvalue weighted by molar-refractivity contribution is 0.0953. The summed E-state index contributed by atoms with van der Waals surface area (Å²) in [5.74, 6) is 0.847. The molecule has 0 unspecified atom stereocenters. The Bertz CT molecular complexity index is 705. The van der Waals surface area contributed by atoms with Crippen molar-refractivity contribution >= 4 is 11.7 Å². The molecule has 7 heteroatoms. The van der Waals surface area contributed by atoms with Crippen LogP contribution in [0.25, 0.3) is 0 Å². The van der Waals surface area contributed by atoms with Crippen molar-refractivity contribution in [3.05, 3.63) is 41.9 Å². The molecule has 7 nitrogen and oxygen atoms in total. The molecule has 3 rings (SSSR count). The maximum absolute atomic E-state index is 12.4. The van der Waals surface area contributed by atoms with Gasteiger partial charge in [0.1, 0.15) is 5.82 Å². The molecule has 1 amide bonds. The summed E-state index contributed by atoms with van der Waals surface area (Å²) >= 11 is 0. The van der Waals surface area contributed by atoms with E-state index in [1.165, 1.54) is 5.56 Å². The first-order valence-electron chi connectivity index (χ1n) is 8.77. The van der Waals surface area contributed by atoms with Crippen molar-refractivity contribution in [2.75, 3.05) is 44.7 Å². The molecule has 134 valence electrons. The molecule has 1 N–H and O–H groups in total. The van der Waals surface area contributed by atoms with E-state index in [2.05, 4.69) is 32.2 Å². The van der Waals surface area contributed by atoms with E-state index >= 15 is 0 Å². The number of aryl methyl sites for hydroxylation is 2. The van der Waals surface area contributed by atoms with Gasteiger partial charge in [0.05, 0.1) is 6.20 Å². The fourth-order valence-corrected chi connectivity index (χ4v) is 2.97. The Hall–Kier alpha value is -2.41. The Balaban J connectivity index is 1.49. The fourth-order valence-electron chi connectivity index (χ4n) is 2.97. The number of carbonyl (C=O) groups is 1. The summed E-state index contributed by atoms with van der Waals surface area (Å²) in [5, 5.41) is 7.14. The molecule has 0 atom stereocenters. The molecule has 0 aliphatic carbocycles. The number of carbonyl (C=O) groups excluding carboxylic acids is 1. The number of nitrogens with zero attached hydrogens (tertiary/aromatic N) is 5. The zero-order valence-electron chi connectivity index (χ0n) is 15.0. The van der Waals surface area contributed by atoms with Gasteiger partial charge in [-0.1, -0.05) is 0 Å². The lowest BCUT2D eigenvalue weighted by atomic mass is 10.2. The number of hydrogen-bond acceptors (Lipinski definition) is 5. The number of amides is 1. The molecule has 1 saturated heterocycles. The molecule has 0 aromatic carbocycles. The van der Waals surface area contributed by atoms with Crippen LogP contribution in [-0.2, 0) is 13.5 Å². The van der Waals surface area contributed by atoms with Gasteiger partial charge in [0.25, 0.3) is 5.91 Å². The number of pyridine rings is 1. The highest BCUT2D eigenvalue weighted by molar-refractivity contribution is 5.94. The van der Waals surface area contributed by atoms with Gasteiger partial charge in [0.15, 0.2) is 0 Å². The van der Waals surface area contributed by atoms with Gasteiger partial charge < -0.3 is 15.1 Å². The van der Waals surface area contributed by atoms with E-state index in [0.717, 1.165) is 44.8 Å². The molecule has 2 aromatic heterocycles. The van der Waals surface area contributed by atoms with E-state index in [9.17, 15) is 4.79 Å². The van der Waals surface area contributed by atoms with Crippen molar-refractivity contribution in [3.63, 3.8) is 0 Å². The first kappa shape index (κ1) is 17.4. The van der Waals surface area contributed by atoms with Gasteiger partial charge >= 0.3 is 0 Å². The van der Waals surface area contributed by atoms with Crippen molar-refractivity contribution in [2.24, 2.45) is 7.05 Å². The highest BCUT2D eigenvalue weighted by Crippen LogP contribution is 2.14. The molecule has 3 heterocycles. The zero-order valence-corrected chi connectivity index (χ0v) is 15.0. The highest BCUT2D eigenvalue weighted by atomic mass is 16.1. The van der Waals surface area contributed by atoms with Gasteiger partial charge in [-0.15, -0.1) is 0 Å². The van der Waals surface area contributed by atoms with Crippen molar-refractivity contribution in [1.29, 1.82) is 0 Å². The van der Waals surface area contributed by atoms with Crippen LogP contribution in [0.5, 0.6) is 0 Å². The van der Waals surface area contributed by atoms with E-state index < -0.39 is 0 Å². The van der Waals surface area contributed by atoms with Gasteiger partial charge in [0, 0.05) is 57.7 Å². The summed E-state index contributed by atoms with van der Waals surface area (Å²) in [6.07, 6.45) is 7.41. The predicted octanol–water partition coefficient (Wildman–Crippen LogP) is 0.930. The SMILES string of the molecule is CN1CCN(c2cc(C(=O)NCCCc3cnn(C)c3)ccn2)CC1. The molecule has 1 fully saturated rings. The van der Waals surface area contributed by atoms with Crippen LogP contribution in [0.1, 0.15) is 22.3 Å². The molecule has 0 radical (unpaired) electrons. The minimum Gasteiger partial charge on any atom is -0.354 e. The minimum absolute atomic E-state index is 0.0380. The maximum Gasteiger partial charge on any atom is 0.251 e. The average molecular weight is 342 g/mol. The lowest BCUT2D eigenvalue weighted by Gasteiger charge is -2.33. The summed E-state index contributed by atoms with van der Waals surface area (Å²) in [6.45, 7) is 4.58. The van der Waals surface area contributed by atoms with Crippen LogP contribution in [0.15, 0.2) is 30.7 Å². The zero-order chi connectivity index (χ0) is 17.6. The molecule has 0 saturated carbocycles. The molecular weight excluding hydrogens is 316 g/mol. The summed E-state index contributed by atoms with van der Waals surface area (Å²) in [7, 11) is 4.03. The third-order valence-corrected chi connectivity index (χ3v) is 4.52. The molecule has 0 spiro atoms. The van der Waals surface area contributed by atoms with Crippen LogP contribution < -0.4 is 10.2 Å². The topological polar surface area (TPSA) is 66.3 Å². The second-order valence-corrected chi connectivity index (χ2v) is 6.57. The van der Waals surface area contributed by atoms with Crippen LogP contribution in [-0.4, -0.2) is 65.3 Å². The number of piperazine rings is 1. The smallest absolute Gasteiger partial charge is 0.251 e. The van der Waals surface area contributed by atoms with Gasteiger partial charge in [-0.25, -0.2) is 4.98 Å². The number of likely N-dealkylation sites (N-methyl/N-ethyl adjacent to an activating group) is 1. The Morgan fingerprint density at radius 3 is 2.76 bits per heavy atom. The summed E-state index contributed by atoms with van der Waals surface area (Å²) < 4.78 is 1.80. The van der Waals surface area contributed by atoms with Crippen LogP contribution in [0.2, 0.25) is 0 Å². The van der Waals surface area contributed by atoms with Crippen LogP contribution in [0, 0.1) is 0 Å². The monoisotopic (exact) mass is 342 g/mol. The van der Waals surface area contributed by atoms with Crippen molar-refractivity contribution in [1.82, 2.24) is 25.0 Å². The lowest BCUT2D eigenvalue weighted by Crippen LogP contribution is -2.44. The molecule has 1 aliphatic heterocycles. The molecule has 1 aliphatic rings. The number of anilines is 1. The Morgan fingerprint density at radius 1 is 1.24 bits per heavy atom. The summed E-state index contributed by atoms with van der Waals surface area (Å²) in [6, 6.07) is 3.66. The normalized spacial score (nSPS) is 15.4. The summed E-state index contributed by atoms with van der Waals surface area (Å²) in [4.78, 5) is 21.3. The second kappa shape index (κ2) is 8.11. The van der Waals surface area contributed by atoms with E-state index in [0.29, 0.717) is 12.1 Å². The van der Waals surface area contributed by atoms with Crippen LogP contribution >= 0.6 is 0 Å². The van der Waals surface area contributed by atoms with E-state index in [4.69, 9.17) is 0 Å². The number of hydrogen-bond donors (Lipinski definition) is 1. The predicted molar refractivity (Wildman–Crippen MR) is 97.8 cm³/mol. The third kappa shape index (κ3) is 4.79. The number of rotatable bonds is 6. The molecular formula is C18H26N6O. The van der Waals surface area contributed by atoms with Crippen LogP contribution in [0.4, 0.5) is 5.82 Å². The summed E-state index contributed by atoms with van der Waals surface area (Å²) in [5.41, 5.74) is 1.86. The standard InChI is InChI=1S/C18H26N6O/c1-22-8-10-24(11-9-22)17-12-16(5-7-19-17)18(25)20-6-3-4-15-13-21-23(2)14-15/h5,7,12-14H,3-4,6,8-11H2,1-2H3,(H,20,25). The van der Waals surface area contributed by atoms with E-state index in [1.807, 2.05) is 25.5 Å². The first-order valence-corrected chi connectivity index (χ1v) is 8.77. The van der Waals surface area contributed by atoms with Gasteiger partial charge in [-0.3, -0.25) is 9.48 Å². The van der Waals surface area contributed by atoms with Gasteiger partial charge in [-0.05, 0) is 37.6 Å². The van der Waals surface area contributed by atoms with Crippen LogP contribution in [0.3, 0.4) is 0 Å². The number of nitrogens with one attached hydrogen (secondary N) is 1. The van der Waals surface area contributed by atoms with Crippen molar-refractivity contribution in [3.8, 4) is 0 Å². The van der Waals surface area contributed by atoms with Crippen molar-refractivity contribution in [2.45, 2.75) is 12.8 Å². The first-order chi connectivity index (χ1) is 12.1. The van der Waals surface area contributed by atoms with E-state index in [-0.39, 0.29) is 5.91 Å². The minimum atomic E-state index is -0.0380. The average Bonchev–Trinajstić information content (AvgIpc) is 3.04. The third-order valence-electron chi connectivity index (χ3n) is 4.52. The van der Waals surface area contributed by atoms with Gasteiger partial charge in [-0.2, -0.15) is 5.10 Å². The molecule has 2 aromatic rings. The molecule has 25 heavy (non-hydrogen) atoms. The maximum atomic E-state index is 12.4. The largest absolute Gasteiger partial charge is 0.354 e.